The molecule has 1 fully saturated rings. The largest absolute Gasteiger partial charge is 0.481 e. The Kier molecular flexibility index (Phi) is 6.64. The van der Waals surface area contributed by atoms with Gasteiger partial charge in [0.05, 0.1) is 6.42 Å². The van der Waals surface area contributed by atoms with Gasteiger partial charge in [-0.25, -0.2) is 0 Å². The Morgan fingerprint density at radius 3 is 2.68 bits per heavy atom. The van der Waals surface area contributed by atoms with Gasteiger partial charge in [-0.3, -0.25) is 29.3 Å². The van der Waals surface area contributed by atoms with Gasteiger partial charge in [0.25, 0.3) is 0 Å². The molecule has 0 spiro atoms. The van der Waals surface area contributed by atoms with Crippen molar-refractivity contribution in [3.8, 4) is 0 Å². The Labute approximate surface area is 178 Å². The number of likely N-dealkylation sites (N-methyl/N-ethyl adjacent to an activating group) is 1. The zero-order valence-corrected chi connectivity index (χ0v) is 17.0. The maximum atomic E-state index is 12.3. The van der Waals surface area contributed by atoms with Crippen LogP contribution in [-0.4, -0.2) is 48.2 Å². The third-order valence-corrected chi connectivity index (χ3v) is 5.37. The van der Waals surface area contributed by atoms with Crippen LogP contribution in [0.4, 0.5) is 5.69 Å². The van der Waals surface area contributed by atoms with Crippen LogP contribution in [0.1, 0.15) is 41.6 Å². The molecule has 1 saturated heterocycles. The highest BCUT2D eigenvalue weighted by molar-refractivity contribution is 6.08. The number of aliphatic carboxylic acids is 1. The van der Waals surface area contributed by atoms with E-state index in [1.54, 1.807) is 36.2 Å². The molecule has 31 heavy (non-hydrogen) atoms. The Bertz CT molecular complexity index is 1060. The minimum absolute atomic E-state index is 0.122. The summed E-state index contributed by atoms with van der Waals surface area (Å²) in [6.07, 6.45) is 0.965. The van der Waals surface area contributed by atoms with E-state index in [1.165, 1.54) is 0 Å². The molecule has 0 bridgehead atoms. The monoisotopic (exact) mass is 425 g/mol. The molecule has 9 nitrogen and oxygen atoms in total. The van der Waals surface area contributed by atoms with Crippen LogP contribution in [0.15, 0.2) is 30.3 Å². The molecule has 1 heterocycles. The van der Waals surface area contributed by atoms with Crippen molar-refractivity contribution in [2.75, 3.05) is 11.9 Å². The zero-order valence-electron chi connectivity index (χ0n) is 17.0. The first-order chi connectivity index (χ1) is 14.8. The van der Waals surface area contributed by atoms with Gasteiger partial charge in [-0.15, -0.1) is 0 Å². The average Bonchev–Trinajstić information content (AvgIpc) is 2.75. The summed E-state index contributed by atoms with van der Waals surface area (Å²) in [4.78, 5) is 59.9. The third-order valence-electron chi connectivity index (χ3n) is 5.37. The van der Waals surface area contributed by atoms with E-state index in [4.69, 9.17) is 5.11 Å². The molecule has 0 aromatic heterocycles. The van der Waals surface area contributed by atoms with Crippen LogP contribution < -0.4 is 15.5 Å². The van der Waals surface area contributed by atoms with Crippen LogP contribution in [-0.2, 0) is 25.7 Å². The number of fused-ring (bicyclic) bond motifs is 1. The average molecular weight is 425 g/mol. The van der Waals surface area contributed by atoms with Gasteiger partial charge in [0.2, 0.25) is 17.7 Å². The summed E-state index contributed by atoms with van der Waals surface area (Å²) in [7, 11) is 1.74. The molecule has 9 heteroatoms. The second-order valence-corrected chi connectivity index (χ2v) is 7.38. The van der Waals surface area contributed by atoms with Gasteiger partial charge < -0.3 is 15.3 Å². The Morgan fingerprint density at radius 2 is 2.00 bits per heavy atom. The summed E-state index contributed by atoms with van der Waals surface area (Å²) in [6, 6.07) is 8.25. The van der Waals surface area contributed by atoms with E-state index < -0.39 is 12.0 Å². The summed E-state index contributed by atoms with van der Waals surface area (Å²) >= 11 is 0. The highest BCUT2D eigenvalue weighted by Gasteiger charge is 2.31. The van der Waals surface area contributed by atoms with Crippen LogP contribution in [0, 0.1) is 0 Å². The van der Waals surface area contributed by atoms with E-state index in [1.807, 2.05) is 6.07 Å². The number of hydrogen-bond donors (Lipinski definition) is 3. The molecule has 1 unspecified atom stereocenters. The number of nitrogens with zero attached hydrogens (tertiary/aromatic N) is 1. The fourth-order valence-electron chi connectivity index (χ4n) is 3.74. The maximum absolute atomic E-state index is 12.3. The van der Waals surface area contributed by atoms with Gasteiger partial charge in [-0.05, 0) is 23.4 Å². The molecular formula is C22H23N3O6. The second kappa shape index (κ2) is 9.38. The fourth-order valence-corrected chi connectivity index (χ4v) is 3.74. The molecule has 0 aliphatic carbocycles. The number of benzene rings is 2. The first-order valence-corrected chi connectivity index (χ1v) is 9.86. The number of nitrogens with one attached hydrogen (secondary N) is 2. The Hall–Kier alpha value is -3.75. The second-order valence-electron chi connectivity index (χ2n) is 7.38. The lowest BCUT2D eigenvalue weighted by Crippen LogP contribution is -2.51. The first kappa shape index (κ1) is 21.9. The van der Waals surface area contributed by atoms with Gasteiger partial charge >= 0.3 is 5.97 Å². The normalized spacial score (nSPS) is 16.0. The number of carboxylic acid groups (broad SMARTS) is 1. The smallest absolute Gasteiger partial charge is 0.303 e. The van der Waals surface area contributed by atoms with E-state index in [9.17, 15) is 24.0 Å². The summed E-state index contributed by atoms with van der Waals surface area (Å²) < 4.78 is 0. The van der Waals surface area contributed by atoms with Crippen molar-refractivity contribution in [1.29, 1.82) is 0 Å². The number of imide groups is 1. The number of carbonyl (C=O) groups excluding carboxylic acids is 4. The van der Waals surface area contributed by atoms with Gasteiger partial charge in [0.1, 0.15) is 6.04 Å². The van der Waals surface area contributed by atoms with E-state index in [2.05, 4.69) is 10.6 Å². The number of anilines is 1. The number of hydrogen-bond acceptors (Lipinski definition) is 6. The lowest BCUT2D eigenvalue weighted by atomic mass is 9.96. The van der Waals surface area contributed by atoms with Crippen molar-refractivity contribution < 1.29 is 29.1 Å². The Balaban J connectivity index is 1.93. The molecule has 1 aliphatic heterocycles. The molecule has 1 aliphatic rings. The topological polar surface area (TPSA) is 133 Å². The van der Waals surface area contributed by atoms with Crippen LogP contribution in [0.2, 0.25) is 0 Å². The van der Waals surface area contributed by atoms with Crippen LogP contribution in [0.5, 0.6) is 0 Å². The van der Waals surface area contributed by atoms with Crippen molar-refractivity contribution in [1.82, 2.24) is 10.6 Å². The van der Waals surface area contributed by atoms with E-state index >= 15 is 0 Å². The lowest BCUT2D eigenvalue weighted by Gasteiger charge is -2.32. The lowest BCUT2D eigenvalue weighted by molar-refractivity contribution is -0.139. The zero-order chi connectivity index (χ0) is 22.5. The summed E-state index contributed by atoms with van der Waals surface area (Å²) in [5, 5.41) is 15.1. The molecule has 0 radical (unpaired) electrons. The molecule has 3 amide bonds. The fraction of sp³-hybridized carbons (Fsp3) is 0.318. The molecular weight excluding hydrogens is 402 g/mol. The van der Waals surface area contributed by atoms with Gasteiger partial charge in [0.15, 0.2) is 6.29 Å². The van der Waals surface area contributed by atoms with Crippen molar-refractivity contribution in [3.05, 3.63) is 41.5 Å². The maximum Gasteiger partial charge on any atom is 0.303 e. The minimum Gasteiger partial charge on any atom is -0.481 e. The third kappa shape index (κ3) is 4.88. The number of carboxylic acids is 1. The quantitative estimate of drug-likeness (QED) is 0.430. The number of carbonyl (C=O) groups is 5. The van der Waals surface area contributed by atoms with Gasteiger partial charge in [0, 0.05) is 43.1 Å². The molecule has 1 atom stereocenters. The molecule has 2 aromatic carbocycles. The van der Waals surface area contributed by atoms with Crippen LogP contribution in [0.25, 0.3) is 10.8 Å². The SMILES string of the molecule is CN(c1ccc(CNC(=O)CCC(=O)O)c2cccc(C=O)c12)C1CCC(=O)NC1=O. The highest BCUT2D eigenvalue weighted by Crippen LogP contribution is 2.33. The highest BCUT2D eigenvalue weighted by atomic mass is 16.4. The molecule has 3 N–H and O–H groups in total. The van der Waals surface area contributed by atoms with Crippen LogP contribution in [0.3, 0.4) is 0 Å². The van der Waals surface area contributed by atoms with Crippen molar-refractivity contribution in [2.45, 2.75) is 38.3 Å². The minimum atomic E-state index is -1.04. The molecule has 162 valence electrons. The van der Waals surface area contributed by atoms with E-state index in [0.717, 1.165) is 17.2 Å². The molecule has 3 rings (SSSR count). The Morgan fingerprint density at radius 1 is 1.23 bits per heavy atom. The number of rotatable bonds is 8. The number of amides is 3. The predicted molar refractivity (Wildman–Crippen MR) is 113 cm³/mol. The van der Waals surface area contributed by atoms with Crippen LogP contribution >= 0.6 is 0 Å². The summed E-state index contributed by atoms with van der Waals surface area (Å²) in [6.45, 7) is 0.166. The van der Waals surface area contributed by atoms with Gasteiger partial charge in [-0.2, -0.15) is 0 Å². The summed E-state index contributed by atoms with van der Waals surface area (Å²) in [5.41, 5.74) is 1.85. The summed E-state index contributed by atoms with van der Waals surface area (Å²) in [5.74, 6) is -2.11. The van der Waals surface area contributed by atoms with E-state index in [0.29, 0.717) is 23.1 Å². The van der Waals surface area contributed by atoms with Crippen molar-refractivity contribution >= 4 is 46.4 Å². The number of aldehydes is 1. The predicted octanol–water partition coefficient (Wildman–Crippen LogP) is 1.37. The van der Waals surface area contributed by atoms with Crippen molar-refractivity contribution in [3.63, 3.8) is 0 Å². The van der Waals surface area contributed by atoms with Gasteiger partial charge in [-0.1, -0.05) is 24.3 Å². The molecule has 0 saturated carbocycles. The number of piperidine rings is 1. The standard InChI is InChI=1S/C22H23N3O6/c1-25(17-7-8-19(28)24-22(17)31)16-6-5-13(11-23-18(27)9-10-20(29)30)15-4-2-3-14(12-26)21(15)16/h2-6,12,17H,7-11H2,1H3,(H,23,27)(H,29,30)(H,24,28,31). The van der Waals surface area contributed by atoms with E-state index in [-0.39, 0.29) is 43.5 Å². The van der Waals surface area contributed by atoms with Crippen molar-refractivity contribution in [2.24, 2.45) is 0 Å². The first-order valence-electron chi connectivity index (χ1n) is 9.86. The molecule has 2 aromatic rings.